The number of rotatable bonds is 3. The Kier molecular flexibility index (Phi) is 5.53. The molecule has 2 aliphatic rings. The van der Waals surface area contributed by atoms with E-state index in [1.807, 2.05) is 9.80 Å². The Hall–Kier alpha value is -2.15. The minimum absolute atomic E-state index is 0.0263. The van der Waals surface area contributed by atoms with Crippen LogP contribution in [-0.4, -0.2) is 76.4 Å². The van der Waals surface area contributed by atoms with Crippen LogP contribution in [-0.2, 0) is 4.79 Å². The van der Waals surface area contributed by atoms with Crippen molar-refractivity contribution in [2.45, 2.75) is 38.8 Å². The van der Waals surface area contributed by atoms with Crippen molar-refractivity contribution in [1.82, 2.24) is 19.7 Å². The fraction of sp³-hybridized carbons (Fsp3) is 0.611. The molecule has 2 saturated heterocycles. The summed E-state index contributed by atoms with van der Waals surface area (Å²) in [7, 11) is 0. The molecule has 2 fully saturated rings. The van der Waals surface area contributed by atoms with Crippen LogP contribution in [0, 0.1) is 0 Å². The monoisotopic (exact) mass is 345 g/mol. The van der Waals surface area contributed by atoms with Crippen LogP contribution < -0.4 is 5.32 Å². The van der Waals surface area contributed by atoms with Crippen LogP contribution in [0.5, 0.6) is 0 Å². The average Bonchev–Trinajstić information content (AvgIpc) is 2.62. The highest BCUT2D eigenvalue weighted by Gasteiger charge is 2.36. The molecule has 3 amide bonds. The molecule has 1 N–H and O–H groups in total. The number of amides is 3. The fourth-order valence-corrected chi connectivity index (χ4v) is 3.61. The summed E-state index contributed by atoms with van der Waals surface area (Å²) in [4.78, 5) is 35.0. The van der Waals surface area contributed by atoms with E-state index in [-0.39, 0.29) is 24.0 Å². The summed E-state index contributed by atoms with van der Waals surface area (Å²) < 4.78 is 0. The fourth-order valence-electron chi connectivity index (χ4n) is 3.61. The number of hydrogen-bond acceptors (Lipinski definition) is 4. The van der Waals surface area contributed by atoms with Gasteiger partial charge in [0.1, 0.15) is 0 Å². The van der Waals surface area contributed by atoms with Crippen LogP contribution in [0.25, 0.3) is 0 Å². The van der Waals surface area contributed by atoms with Gasteiger partial charge in [-0.2, -0.15) is 0 Å². The van der Waals surface area contributed by atoms with Gasteiger partial charge in [-0.15, -0.1) is 0 Å². The summed E-state index contributed by atoms with van der Waals surface area (Å²) in [5.74, 6) is 0.246. The molecule has 0 spiro atoms. The smallest absolute Gasteiger partial charge is 0.321 e. The third kappa shape index (κ3) is 4.10. The third-order valence-electron chi connectivity index (χ3n) is 5.04. The van der Waals surface area contributed by atoms with Gasteiger partial charge in [-0.05, 0) is 38.8 Å². The highest BCUT2D eigenvalue weighted by Crippen LogP contribution is 2.21. The second-order valence-corrected chi connectivity index (χ2v) is 6.97. The zero-order valence-electron chi connectivity index (χ0n) is 15.0. The Morgan fingerprint density at radius 1 is 1.16 bits per heavy atom. The van der Waals surface area contributed by atoms with Gasteiger partial charge in [-0.3, -0.25) is 14.7 Å². The van der Waals surface area contributed by atoms with Crippen molar-refractivity contribution in [2.24, 2.45) is 0 Å². The number of piperazine rings is 1. The largest absolute Gasteiger partial charge is 0.339 e. The second-order valence-electron chi connectivity index (χ2n) is 6.97. The molecular weight excluding hydrogens is 318 g/mol. The molecule has 0 saturated carbocycles. The Labute approximate surface area is 149 Å². The topological polar surface area (TPSA) is 68.8 Å². The summed E-state index contributed by atoms with van der Waals surface area (Å²) in [6, 6.07) is 3.68. The molecule has 0 unspecified atom stereocenters. The number of carbonyl (C=O) groups is 2. The molecule has 0 radical (unpaired) electrons. The number of anilines is 1. The number of carbonyl (C=O) groups excluding carboxylic acids is 2. The molecule has 7 heteroatoms. The first-order chi connectivity index (χ1) is 12.1. The zero-order valence-corrected chi connectivity index (χ0v) is 15.0. The lowest BCUT2D eigenvalue weighted by Gasteiger charge is -2.43. The lowest BCUT2D eigenvalue weighted by molar-refractivity contribution is -0.142. The van der Waals surface area contributed by atoms with Crippen molar-refractivity contribution in [3.8, 4) is 0 Å². The van der Waals surface area contributed by atoms with Crippen molar-refractivity contribution in [1.29, 1.82) is 0 Å². The van der Waals surface area contributed by atoms with E-state index in [0.717, 1.165) is 38.2 Å². The standard InChI is InChI=1S/C18H27N5O2/c1-14(2)23-9-3-4-16(17(23)24)21-10-12-22(13-11-21)18(25)20-15-5-7-19-8-6-15/h5-8,14,16H,3-4,9-13H2,1-2H3,(H,19,20,25)/t16-/m1/s1. The normalized spacial score (nSPS) is 22.4. The maximum atomic E-state index is 12.7. The summed E-state index contributed by atoms with van der Waals surface area (Å²) >= 11 is 0. The van der Waals surface area contributed by atoms with Gasteiger partial charge in [-0.1, -0.05) is 0 Å². The summed E-state index contributed by atoms with van der Waals surface area (Å²) in [6.07, 6.45) is 5.29. The molecule has 7 nitrogen and oxygen atoms in total. The number of urea groups is 1. The van der Waals surface area contributed by atoms with Gasteiger partial charge >= 0.3 is 6.03 Å². The van der Waals surface area contributed by atoms with Crippen molar-refractivity contribution in [2.75, 3.05) is 38.0 Å². The maximum absolute atomic E-state index is 12.7. The molecule has 1 atom stereocenters. The van der Waals surface area contributed by atoms with Crippen molar-refractivity contribution < 1.29 is 9.59 Å². The van der Waals surface area contributed by atoms with Gasteiger partial charge in [-0.25, -0.2) is 4.79 Å². The van der Waals surface area contributed by atoms with Crippen LogP contribution in [0.1, 0.15) is 26.7 Å². The minimum atomic E-state index is -0.0929. The highest BCUT2D eigenvalue weighted by atomic mass is 16.2. The first kappa shape index (κ1) is 17.7. The van der Waals surface area contributed by atoms with E-state index < -0.39 is 0 Å². The Bertz CT molecular complexity index is 599. The Morgan fingerprint density at radius 2 is 1.84 bits per heavy atom. The molecule has 1 aromatic rings. The third-order valence-corrected chi connectivity index (χ3v) is 5.04. The predicted octanol–water partition coefficient (Wildman–Crippen LogP) is 1.63. The SMILES string of the molecule is CC(C)N1CCC[C@@H](N2CCN(C(=O)Nc3ccncc3)CC2)C1=O. The van der Waals surface area contributed by atoms with Gasteiger partial charge in [0.15, 0.2) is 0 Å². The predicted molar refractivity (Wildman–Crippen MR) is 96.3 cm³/mol. The molecular formula is C18H27N5O2. The van der Waals surface area contributed by atoms with Crippen molar-refractivity contribution in [3.05, 3.63) is 24.5 Å². The van der Waals surface area contributed by atoms with E-state index in [2.05, 4.69) is 29.0 Å². The van der Waals surface area contributed by atoms with E-state index >= 15 is 0 Å². The number of hydrogen-bond donors (Lipinski definition) is 1. The van der Waals surface area contributed by atoms with Crippen LogP contribution in [0.15, 0.2) is 24.5 Å². The average molecular weight is 345 g/mol. The number of pyridine rings is 1. The van der Waals surface area contributed by atoms with Crippen molar-refractivity contribution >= 4 is 17.6 Å². The molecule has 3 heterocycles. The molecule has 0 bridgehead atoms. The van der Waals surface area contributed by atoms with Gasteiger partial charge in [0.05, 0.1) is 6.04 Å². The minimum Gasteiger partial charge on any atom is -0.339 e. The van der Waals surface area contributed by atoms with Gasteiger partial charge in [0, 0.05) is 56.8 Å². The van der Waals surface area contributed by atoms with E-state index in [1.165, 1.54) is 0 Å². The van der Waals surface area contributed by atoms with Crippen LogP contribution in [0.3, 0.4) is 0 Å². The first-order valence-corrected chi connectivity index (χ1v) is 9.07. The highest BCUT2D eigenvalue weighted by molar-refractivity contribution is 5.89. The molecule has 136 valence electrons. The summed E-state index contributed by atoms with van der Waals surface area (Å²) in [5, 5.41) is 2.89. The number of piperidine rings is 1. The van der Waals surface area contributed by atoms with E-state index in [4.69, 9.17) is 0 Å². The van der Waals surface area contributed by atoms with E-state index in [9.17, 15) is 9.59 Å². The Balaban J connectivity index is 1.53. The molecule has 0 aliphatic carbocycles. The van der Waals surface area contributed by atoms with Crippen LogP contribution >= 0.6 is 0 Å². The number of likely N-dealkylation sites (tertiary alicyclic amines) is 1. The van der Waals surface area contributed by atoms with Crippen LogP contribution in [0.4, 0.5) is 10.5 Å². The van der Waals surface area contributed by atoms with Crippen molar-refractivity contribution in [3.63, 3.8) is 0 Å². The maximum Gasteiger partial charge on any atom is 0.321 e. The summed E-state index contributed by atoms with van der Waals surface area (Å²) in [5.41, 5.74) is 0.748. The number of aromatic nitrogens is 1. The molecule has 0 aromatic carbocycles. The molecule has 25 heavy (non-hydrogen) atoms. The zero-order chi connectivity index (χ0) is 17.8. The molecule has 3 rings (SSSR count). The lowest BCUT2D eigenvalue weighted by atomic mass is 10.0. The lowest BCUT2D eigenvalue weighted by Crippen LogP contribution is -2.59. The molecule has 1 aromatic heterocycles. The quantitative estimate of drug-likeness (QED) is 0.904. The van der Waals surface area contributed by atoms with E-state index in [0.29, 0.717) is 13.1 Å². The Morgan fingerprint density at radius 3 is 2.48 bits per heavy atom. The van der Waals surface area contributed by atoms with E-state index in [1.54, 1.807) is 24.5 Å². The van der Waals surface area contributed by atoms with Gasteiger partial charge in [0.2, 0.25) is 5.91 Å². The number of nitrogens with zero attached hydrogens (tertiary/aromatic N) is 4. The summed E-state index contributed by atoms with van der Waals surface area (Å²) in [6.45, 7) is 7.77. The van der Waals surface area contributed by atoms with Crippen LogP contribution in [0.2, 0.25) is 0 Å². The van der Waals surface area contributed by atoms with Gasteiger partial charge in [0.25, 0.3) is 0 Å². The molecule has 2 aliphatic heterocycles. The van der Waals surface area contributed by atoms with Gasteiger partial charge < -0.3 is 15.1 Å². The first-order valence-electron chi connectivity index (χ1n) is 9.07. The number of nitrogens with one attached hydrogen (secondary N) is 1. The second kappa shape index (κ2) is 7.82.